The number of ether oxygens (including phenoxy) is 4. The van der Waals surface area contributed by atoms with E-state index in [1.165, 1.54) is 28.4 Å². The van der Waals surface area contributed by atoms with Gasteiger partial charge in [-0.1, -0.05) is 0 Å². The van der Waals surface area contributed by atoms with Crippen LogP contribution in [-0.2, 0) is 0 Å². The summed E-state index contributed by atoms with van der Waals surface area (Å²) >= 11 is 0. The third-order valence-electron chi connectivity index (χ3n) is 2.96. The highest BCUT2D eigenvalue weighted by Gasteiger charge is 2.30. The topological polar surface area (TPSA) is 167 Å². The average Bonchev–Trinajstić information content (AvgIpc) is 3.08. The first-order valence-corrected chi connectivity index (χ1v) is 6.88. The van der Waals surface area contributed by atoms with Crippen molar-refractivity contribution in [3.05, 3.63) is 5.21 Å². The summed E-state index contributed by atoms with van der Waals surface area (Å²) in [7, 11) is 5.41. The third kappa shape index (κ3) is 3.06. The molecule has 0 aliphatic carbocycles. The van der Waals surface area contributed by atoms with E-state index in [4.69, 9.17) is 18.9 Å². The van der Waals surface area contributed by atoms with Gasteiger partial charge in [-0.15, -0.1) is 9.97 Å². The lowest BCUT2D eigenvalue weighted by Crippen LogP contribution is -2.26. The second-order valence-electron chi connectivity index (χ2n) is 4.39. The minimum absolute atomic E-state index is 0.0518. The Bertz CT molecular complexity index is 888. The van der Waals surface area contributed by atoms with Crippen molar-refractivity contribution in [2.45, 2.75) is 0 Å². The van der Waals surface area contributed by atoms with Gasteiger partial charge in [0.2, 0.25) is 11.6 Å². The smallest absolute Gasteiger partial charge is 0.323 e. The van der Waals surface area contributed by atoms with E-state index in [0.29, 0.717) is 0 Å². The number of hydrogen-bond donors (Lipinski definition) is 0. The summed E-state index contributed by atoms with van der Waals surface area (Å²) in [6, 6.07) is -0.261. The van der Waals surface area contributed by atoms with Crippen molar-refractivity contribution < 1.29 is 28.5 Å². The van der Waals surface area contributed by atoms with E-state index in [1.54, 1.807) is 0 Å². The Morgan fingerprint density at radius 3 is 1.54 bits per heavy atom. The lowest BCUT2D eigenvalue weighted by Gasteiger charge is -2.04. The monoisotopic (exact) mass is 364 g/mol. The van der Waals surface area contributed by atoms with Crippen LogP contribution < -0.4 is 23.9 Å². The van der Waals surface area contributed by atoms with Crippen LogP contribution in [0.2, 0.25) is 0 Å². The molecule has 3 aromatic heterocycles. The van der Waals surface area contributed by atoms with E-state index in [-0.39, 0.29) is 52.0 Å². The van der Waals surface area contributed by atoms with E-state index < -0.39 is 0 Å². The maximum Gasteiger partial charge on any atom is 0.323 e. The van der Waals surface area contributed by atoms with E-state index in [0.717, 1.165) is 0 Å². The summed E-state index contributed by atoms with van der Waals surface area (Å²) < 4.78 is 24.5. The molecule has 0 aliphatic rings. The van der Waals surface area contributed by atoms with Gasteiger partial charge in [0.1, 0.15) is 0 Å². The van der Waals surface area contributed by atoms with Crippen LogP contribution in [0.1, 0.15) is 0 Å². The summed E-state index contributed by atoms with van der Waals surface area (Å²) in [5.74, 6) is -0.182. The molecule has 0 amide bonds. The van der Waals surface area contributed by atoms with Gasteiger partial charge < -0.3 is 24.2 Å². The maximum absolute atomic E-state index is 12.1. The van der Waals surface area contributed by atoms with Gasteiger partial charge in [0, 0.05) is 0 Å². The van der Waals surface area contributed by atoms with Gasteiger partial charge in [-0.2, -0.15) is 19.9 Å². The van der Waals surface area contributed by atoms with Crippen molar-refractivity contribution in [2.75, 3.05) is 28.4 Å². The fourth-order valence-corrected chi connectivity index (χ4v) is 1.84. The van der Waals surface area contributed by atoms with Gasteiger partial charge >= 0.3 is 24.0 Å². The molecule has 3 heterocycles. The van der Waals surface area contributed by atoms with Crippen molar-refractivity contribution in [1.29, 1.82) is 0 Å². The summed E-state index contributed by atoms with van der Waals surface area (Å²) in [6.45, 7) is 0. The molecule has 0 aliphatic heterocycles. The minimum Gasteiger partial charge on any atom is -0.467 e. The normalized spacial score (nSPS) is 10.5. The molecule has 3 rings (SSSR count). The quantitative estimate of drug-likeness (QED) is 0.491. The Morgan fingerprint density at radius 1 is 0.692 bits per heavy atom. The first-order chi connectivity index (χ1) is 12.6. The summed E-state index contributed by atoms with van der Waals surface area (Å²) in [5, 5.41) is 15.7. The van der Waals surface area contributed by atoms with E-state index in [2.05, 4.69) is 39.7 Å². The maximum atomic E-state index is 12.1. The molecule has 0 unspecified atom stereocenters. The predicted octanol–water partition coefficient (Wildman–Crippen LogP) is -0.954. The Morgan fingerprint density at radius 2 is 1.12 bits per heavy atom. The Balaban J connectivity index is 2.20. The molecule has 0 N–H and O–H groups in total. The summed E-state index contributed by atoms with van der Waals surface area (Å²) in [6.07, 6.45) is 0. The van der Waals surface area contributed by atoms with Gasteiger partial charge in [0.25, 0.3) is 11.4 Å². The van der Waals surface area contributed by atoms with Crippen LogP contribution in [0.3, 0.4) is 0 Å². The Kier molecular flexibility index (Phi) is 4.55. The lowest BCUT2D eigenvalue weighted by molar-refractivity contribution is -0.793. The van der Waals surface area contributed by atoms with Gasteiger partial charge in [-0.25, -0.2) is 0 Å². The van der Waals surface area contributed by atoms with Crippen LogP contribution in [0, 0.1) is 5.21 Å². The molecule has 14 nitrogen and oxygen atoms in total. The first kappa shape index (κ1) is 17.0. The van der Waals surface area contributed by atoms with Crippen molar-refractivity contribution in [3.63, 3.8) is 0 Å². The highest BCUT2D eigenvalue weighted by Crippen LogP contribution is 2.26. The zero-order valence-electron chi connectivity index (χ0n) is 14.0. The van der Waals surface area contributed by atoms with Crippen LogP contribution in [0.15, 0.2) is 4.63 Å². The van der Waals surface area contributed by atoms with E-state index in [9.17, 15) is 5.21 Å². The van der Waals surface area contributed by atoms with Crippen LogP contribution in [0.4, 0.5) is 0 Å². The molecule has 0 atom stereocenters. The molecular weight excluding hydrogens is 352 g/mol. The molecule has 0 radical (unpaired) electrons. The minimum atomic E-state index is -0.195. The molecule has 14 heteroatoms. The number of aromatic nitrogens is 8. The van der Waals surface area contributed by atoms with Crippen molar-refractivity contribution in [1.82, 2.24) is 35.1 Å². The molecule has 0 fully saturated rings. The number of rotatable bonds is 6. The third-order valence-corrected chi connectivity index (χ3v) is 2.96. The van der Waals surface area contributed by atoms with Gasteiger partial charge in [-0.3, -0.25) is 4.63 Å². The SMILES string of the molecule is COc1nc(OC)nc(-c2no[n+]([O-])c2-c2nc(OC)nc(OC)n2)n1. The van der Waals surface area contributed by atoms with Crippen LogP contribution in [0.5, 0.6) is 24.0 Å². The molecular formula is C12H12N8O6. The molecule has 26 heavy (non-hydrogen) atoms. The molecule has 136 valence electrons. The van der Waals surface area contributed by atoms with Crippen molar-refractivity contribution in [2.24, 2.45) is 0 Å². The highest BCUT2D eigenvalue weighted by atomic mass is 16.8. The van der Waals surface area contributed by atoms with Crippen molar-refractivity contribution >= 4 is 0 Å². The summed E-state index contributed by atoms with van der Waals surface area (Å²) in [4.78, 5) is 23.8. The predicted molar refractivity (Wildman–Crippen MR) is 79.3 cm³/mol. The zero-order valence-corrected chi connectivity index (χ0v) is 14.0. The first-order valence-electron chi connectivity index (χ1n) is 6.88. The Hall–Kier alpha value is -3.84. The molecule has 3 aromatic rings. The molecule has 0 saturated heterocycles. The second kappa shape index (κ2) is 6.96. The fourth-order valence-electron chi connectivity index (χ4n) is 1.84. The average molecular weight is 364 g/mol. The lowest BCUT2D eigenvalue weighted by atomic mass is 10.3. The van der Waals surface area contributed by atoms with Gasteiger partial charge in [0.15, 0.2) is 0 Å². The number of nitrogens with zero attached hydrogens (tertiary/aromatic N) is 8. The zero-order chi connectivity index (χ0) is 18.7. The van der Waals surface area contributed by atoms with Gasteiger partial charge in [-0.05, 0) is 4.90 Å². The molecule has 0 bridgehead atoms. The van der Waals surface area contributed by atoms with Gasteiger partial charge in [0.05, 0.1) is 33.6 Å². The number of methoxy groups -OCH3 is 4. The van der Waals surface area contributed by atoms with E-state index in [1.807, 2.05) is 0 Å². The van der Waals surface area contributed by atoms with Crippen LogP contribution in [0.25, 0.3) is 23.0 Å². The van der Waals surface area contributed by atoms with Crippen LogP contribution >= 0.6 is 0 Å². The highest BCUT2D eigenvalue weighted by molar-refractivity contribution is 5.67. The van der Waals surface area contributed by atoms with Crippen LogP contribution in [-0.4, -0.2) is 63.5 Å². The summed E-state index contributed by atoms with van der Waals surface area (Å²) in [5.41, 5.74) is -0.270. The molecule has 0 aromatic carbocycles. The Labute approximate surface area is 145 Å². The fraction of sp³-hybridized carbons (Fsp3) is 0.333. The van der Waals surface area contributed by atoms with Crippen molar-refractivity contribution in [3.8, 4) is 47.1 Å². The standard InChI is InChI=1S/C12H12N8O6/c1-22-9-13-7(14-10(17-9)23-2)5-6(20(21)26-19-5)8-15-11(24-3)18-12(16-8)25-4/h1-4H3. The molecule has 0 spiro atoms. The number of hydrogen-bond acceptors (Lipinski definition) is 13. The van der Waals surface area contributed by atoms with E-state index >= 15 is 0 Å². The largest absolute Gasteiger partial charge is 0.467 e. The molecule has 0 saturated carbocycles. The second-order valence-corrected chi connectivity index (χ2v) is 4.39.